The molecule has 1 aliphatic carbocycles. The number of likely N-dealkylation sites (tertiary alicyclic amines) is 1. The lowest BCUT2D eigenvalue weighted by molar-refractivity contribution is 0.0885. The fourth-order valence-electron chi connectivity index (χ4n) is 4.59. The SMILES string of the molecule is CCC1CCC(NC)C(CN2CC(C)CC(C)C2)C1. The number of rotatable bonds is 4. The first-order valence-electron chi connectivity index (χ1n) is 8.51. The minimum absolute atomic E-state index is 0.760. The van der Waals surface area contributed by atoms with Crippen molar-refractivity contribution in [2.45, 2.75) is 58.9 Å². The maximum Gasteiger partial charge on any atom is 0.0105 e. The van der Waals surface area contributed by atoms with Crippen molar-refractivity contribution in [3.8, 4) is 0 Å². The summed E-state index contributed by atoms with van der Waals surface area (Å²) in [6, 6.07) is 0.760. The summed E-state index contributed by atoms with van der Waals surface area (Å²) in [5.74, 6) is 3.64. The Morgan fingerprint density at radius 3 is 2.32 bits per heavy atom. The molecule has 112 valence electrons. The monoisotopic (exact) mass is 266 g/mol. The van der Waals surface area contributed by atoms with Crippen molar-refractivity contribution in [2.24, 2.45) is 23.7 Å². The van der Waals surface area contributed by atoms with Gasteiger partial charge in [0.15, 0.2) is 0 Å². The summed E-state index contributed by atoms with van der Waals surface area (Å²) in [5.41, 5.74) is 0. The van der Waals surface area contributed by atoms with E-state index in [9.17, 15) is 0 Å². The Hall–Kier alpha value is -0.0800. The molecule has 2 aliphatic rings. The molecular formula is C17H34N2. The van der Waals surface area contributed by atoms with Crippen molar-refractivity contribution in [1.82, 2.24) is 10.2 Å². The van der Waals surface area contributed by atoms with Crippen LogP contribution in [0.15, 0.2) is 0 Å². The van der Waals surface area contributed by atoms with Gasteiger partial charge in [-0.15, -0.1) is 0 Å². The molecule has 0 aromatic carbocycles. The Bertz CT molecular complexity index is 256. The Labute approximate surface area is 120 Å². The molecule has 2 heteroatoms. The molecule has 0 aromatic heterocycles. The van der Waals surface area contributed by atoms with E-state index in [-0.39, 0.29) is 0 Å². The molecule has 19 heavy (non-hydrogen) atoms. The molecule has 2 fully saturated rings. The Kier molecular flexibility index (Phi) is 5.70. The largest absolute Gasteiger partial charge is 0.317 e. The highest BCUT2D eigenvalue weighted by Crippen LogP contribution is 2.33. The van der Waals surface area contributed by atoms with Gasteiger partial charge in [-0.2, -0.15) is 0 Å². The zero-order valence-electron chi connectivity index (χ0n) is 13.5. The lowest BCUT2D eigenvalue weighted by Crippen LogP contribution is -2.48. The van der Waals surface area contributed by atoms with Crippen LogP contribution >= 0.6 is 0 Å². The van der Waals surface area contributed by atoms with Crippen LogP contribution in [0.4, 0.5) is 0 Å². The van der Waals surface area contributed by atoms with Gasteiger partial charge in [0.1, 0.15) is 0 Å². The topological polar surface area (TPSA) is 15.3 Å². The van der Waals surface area contributed by atoms with Gasteiger partial charge in [0, 0.05) is 25.7 Å². The van der Waals surface area contributed by atoms with Crippen LogP contribution in [-0.2, 0) is 0 Å². The molecule has 0 radical (unpaired) electrons. The molecule has 1 N–H and O–H groups in total. The van der Waals surface area contributed by atoms with Crippen LogP contribution in [0, 0.1) is 23.7 Å². The minimum atomic E-state index is 0.760. The van der Waals surface area contributed by atoms with Gasteiger partial charge in [0.05, 0.1) is 0 Å². The zero-order chi connectivity index (χ0) is 13.8. The fraction of sp³-hybridized carbons (Fsp3) is 1.00. The summed E-state index contributed by atoms with van der Waals surface area (Å²) >= 11 is 0. The van der Waals surface area contributed by atoms with Crippen LogP contribution < -0.4 is 5.32 Å². The van der Waals surface area contributed by atoms with Gasteiger partial charge < -0.3 is 10.2 Å². The van der Waals surface area contributed by atoms with E-state index in [1.165, 1.54) is 51.7 Å². The molecule has 2 nitrogen and oxygen atoms in total. The van der Waals surface area contributed by atoms with Gasteiger partial charge in [-0.3, -0.25) is 0 Å². The van der Waals surface area contributed by atoms with E-state index in [1.54, 1.807) is 0 Å². The molecule has 5 atom stereocenters. The minimum Gasteiger partial charge on any atom is -0.317 e. The summed E-state index contributed by atoms with van der Waals surface area (Å²) in [7, 11) is 2.16. The van der Waals surface area contributed by atoms with E-state index >= 15 is 0 Å². The van der Waals surface area contributed by atoms with E-state index in [0.717, 1.165) is 29.7 Å². The van der Waals surface area contributed by atoms with E-state index in [2.05, 4.69) is 38.0 Å². The van der Waals surface area contributed by atoms with Crippen LogP contribution in [0.5, 0.6) is 0 Å². The maximum absolute atomic E-state index is 3.58. The lowest BCUT2D eigenvalue weighted by Gasteiger charge is -2.42. The first-order valence-corrected chi connectivity index (χ1v) is 8.51. The highest BCUT2D eigenvalue weighted by molar-refractivity contribution is 4.87. The predicted octanol–water partition coefficient (Wildman–Crippen LogP) is 3.38. The van der Waals surface area contributed by atoms with Crippen molar-refractivity contribution >= 4 is 0 Å². The number of piperidine rings is 1. The van der Waals surface area contributed by atoms with Crippen LogP contribution in [0.25, 0.3) is 0 Å². The third-order valence-electron chi connectivity index (χ3n) is 5.48. The van der Waals surface area contributed by atoms with E-state index in [4.69, 9.17) is 0 Å². The van der Waals surface area contributed by atoms with Gasteiger partial charge in [-0.1, -0.05) is 27.2 Å². The second-order valence-electron chi connectivity index (χ2n) is 7.41. The number of nitrogens with one attached hydrogen (secondary N) is 1. The van der Waals surface area contributed by atoms with Crippen LogP contribution in [-0.4, -0.2) is 37.6 Å². The summed E-state index contributed by atoms with van der Waals surface area (Å²) in [5, 5.41) is 3.58. The van der Waals surface area contributed by atoms with Gasteiger partial charge in [0.2, 0.25) is 0 Å². The van der Waals surface area contributed by atoms with Gasteiger partial charge in [0.25, 0.3) is 0 Å². The summed E-state index contributed by atoms with van der Waals surface area (Å²) in [6.45, 7) is 11.2. The average molecular weight is 266 g/mol. The van der Waals surface area contributed by atoms with Crippen LogP contribution in [0.3, 0.4) is 0 Å². The number of hydrogen-bond acceptors (Lipinski definition) is 2. The summed E-state index contributed by atoms with van der Waals surface area (Å²) in [6.07, 6.45) is 7.07. The van der Waals surface area contributed by atoms with Crippen LogP contribution in [0.1, 0.15) is 52.9 Å². The third kappa shape index (κ3) is 4.19. The van der Waals surface area contributed by atoms with E-state index in [0.29, 0.717) is 0 Å². The second-order valence-corrected chi connectivity index (χ2v) is 7.41. The number of nitrogens with zero attached hydrogens (tertiary/aromatic N) is 1. The molecule has 1 aliphatic heterocycles. The Balaban J connectivity index is 1.90. The quantitative estimate of drug-likeness (QED) is 0.839. The molecule has 1 heterocycles. The summed E-state index contributed by atoms with van der Waals surface area (Å²) in [4.78, 5) is 2.76. The first kappa shape index (κ1) is 15.3. The Morgan fingerprint density at radius 1 is 1.05 bits per heavy atom. The molecule has 0 bridgehead atoms. The van der Waals surface area contributed by atoms with Crippen LogP contribution in [0.2, 0.25) is 0 Å². The van der Waals surface area contributed by atoms with E-state index < -0.39 is 0 Å². The first-order chi connectivity index (χ1) is 9.12. The van der Waals surface area contributed by atoms with Crippen molar-refractivity contribution in [3.63, 3.8) is 0 Å². The molecule has 0 aromatic rings. The molecule has 5 unspecified atom stereocenters. The predicted molar refractivity (Wildman–Crippen MR) is 83.4 cm³/mol. The van der Waals surface area contributed by atoms with Gasteiger partial charge in [-0.25, -0.2) is 0 Å². The molecular weight excluding hydrogens is 232 g/mol. The molecule has 0 amide bonds. The van der Waals surface area contributed by atoms with E-state index in [1.807, 2.05) is 0 Å². The Morgan fingerprint density at radius 2 is 1.74 bits per heavy atom. The molecule has 2 rings (SSSR count). The molecule has 1 saturated carbocycles. The van der Waals surface area contributed by atoms with Crippen molar-refractivity contribution in [3.05, 3.63) is 0 Å². The van der Waals surface area contributed by atoms with Crippen molar-refractivity contribution in [1.29, 1.82) is 0 Å². The second kappa shape index (κ2) is 7.08. The molecule has 0 spiro atoms. The smallest absolute Gasteiger partial charge is 0.0105 e. The highest BCUT2D eigenvalue weighted by Gasteiger charge is 2.31. The third-order valence-corrected chi connectivity index (χ3v) is 5.48. The zero-order valence-corrected chi connectivity index (χ0v) is 13.5. The van der Waals surface area contributed by atoms with Crippen molar-refractivity contribution < 1.29 is 0 Å². The lowest BCUT2D eigenvalue weighted by atomic mass is 9.76. The highest BCUT2D eigenvalue weighted by atomic mass is 15.1. The normalized spacial score (nSPS) is 41.4. The maximum atomic E-state index is 3.58. The summed E-state index contributed by atoms with van der Waals surface area (Å²) < 4.78 is 0. The number of hydrogen-bond donors (Lipinski definition) is 1. The standard InChI is InChI=1S/C17H34N2/c1-5-15-6-7-17(18-4)16(9-15)12-19-10-13(2)8-14(3)11-19/h13-18H,5-12H2,1-4H3. The average Bonchev–Trinajstić information content (AvgIpc) is 2.37. The van der Waals surface area contributed by atoms with Crippen molar-refractivity contribution in [2.75, 3.05) is 26.7 Å². The van der Waals surface area contributed by atoms with Gasteiger partial charge >= 0.3 is 0 Å². The molecule has 1 saturated heterocycles. The van der Waals surface area contributed by atoms with Gasteiger partial charge in [-0.05, 0) is 56.4 Å². The fourth-order valence-corrected chi connectivity index (χ4v) is 4.59.